The Morgan fingerprint density at radius 2 is 2.00 bits per heavy atom. The van der Waals surface area contributed by atoms with Gasteiger partial charge in [-0.2, -0.15) is 0 Å². The van der Waals surface area contributed by atoms with Gasteiger partial charge in [0.05, 0.1) is 11.7 Å². The Labute approximate surface area is 90.9 Å². The predicted molar refractivity (Wildman–Crippen MR) is 60.9 cm³/mol. The number of rotatable bonds is 4. The molecule has 1 aromatic heterocycles. The largest absolute Gasteiger partial charge is 0.474 e. The summed E-state index contributed by atoms with van der Waals surface area (Å²) >= 11 is 0. The van der Waals surface area contributed by atoms with Crippen LogP contribution in [0, 0.1) is 0 Å². The number of anilines is 1. The molecular weight excluding hydrogens is 190 g/mol. The van der Waals surface area contributed by atoms with Crippen LogP contribution in [0.4, 0.5) is 5.82 Å². The van der Waals surface area contributed by atoms with Crippen molar-refractivity contribution in [3.8, 4) is 5.88 Å². The average molecular weight is 209 g/mol. The molecule has 0 saturated heterocycles. The van der Waals surface area contributed by atoms with E-state index in [2.05, 4.69) is 30.7 Å². The average Bonchev–Trinajstić information content (AvgIpc) is 2.17. The molecule has 0 saturated carbocycles. The Kier molecular flexibility index (Phi) is 3.88. The molecular formula is C11H19N3O. The SMILES string of the molecule is CCC(C)Oc1ncnc(N)c1C(C)C. The van der Waals surface area contributed by atoms with E-state index in [9.17, 15) is 0 Å². The van der Waals surface area contributed by atoms with Crippen LogP contribution in [0.1, 0.15) is 45.6 Å². The van der Waals surface area contributed by atoms with Crippen LogP contribution < -0.4 is 10.5 Å². The van der Waals surface area contributed by atoms with Gasteiger partial charge in [0.15, 0.2) is 0 Å². The van der Waals surface area contributed by atoms with E-state index in [1.54, 1.807) is 0 Å². The zero-order valence-electron chi connectivity index (χ0n) is 9.82. The second-order valence-corrected chi connectivity index (χ2v) is 3.97. The lowest BCUT2D eigenvalue weighted by molar-refractivity contribution is 0.205. The zero-order valence-corrected chi connectivity index (χ0v) is 9.82. The van der Waals surface area contributed by atoms with E-state index in [1.807, 2.05) is 6.92 Å². The van der Waals surface area contributed by atoms with Crippen LogP contribution in [0.25, 0.3) is 0 Å². The summed E-state index contributed by atoms with van der Waals surface area (Å²) in [6.45, 7) is 8.20. The summed E-state index contributed by atoms with van der Waals surface area (Å²) in [5, 5.41) is 0. The van der Waals surface area contributed by atoms with Gasteiger partial charge in [0, 0.05) is 0 Å². The fraction of sp³-hybridized carbons (Fsp3) is 0.636. The first kappa shape index (κ1) is 11.8. The highest BCUT2D eigenvalue weighted by molar-refractivity contribution is 5.46. The molecule has 4 nitrogen and oxygen atoms in total. The molecule has 0 spiro atoms. The number of nitrogens with two attached hydrogens (primary N) is 1. The van der Waals surface area contributed by atoms with Crippen molar-refractivity contribution in [2.24, 2.45) is 0 Å². The van der Waals surface area contributed by atoms with Crippen molar-refractivity contribution in [2.75, 3.05) is 5.73 Å². The first-order valence-corrected chi connectivity index (χ1v) is 5.33. The molecule has 84 valence electrons. The van der Waals surface area contributed by atoms with E-state index < -0.39 is 0 Å². The maximum atomic E-state index is 5.81. The van der Waals surface area contributed by atoms with E-state index in [4.69, 9.17) is 10.5 Å². The third-order valence-electron chi connectivity index (χ3n) is 2.34. The van der Waals surface area contributed by atoms with Crippen LogP contribution in [0.5, 0.6) is 5.88 Å². The first-order chi connectivity index (χ1) is 7.06. The Bertz CT molecular complexity index is 326. The Hall–Kier alpha value is -1.32. The van der Waals surface area contributed by atoms with Gasteiger partial charge in [-0.25, -0.2) is 9.97 Å². The highest BCUT2D eigenvalue weighted by Crippen LogP contribution is 2.28. The van der Waals surface area contributed by atoms with Gasteiger partial charge in [-0.1, -0.05) is 20.8 Å². The summed E-state index contributed by atoms with van der Waals surface area (Å²) in [7, 11) is 0. The maximum Gasteiger partial charge on any atom is 0.222 e. The van der Waals surface area contributed by atoms with E-state index in [1.165, 1.54) is 6.33 Å². The Morgan fingerprint density at radius 3 is 2.53 bits per heavy atom. The van der Waals surface area contributed by atoms with Gasteiger partial charge in [0.2, 0.25) is 5.88 Å². The lowest BCUT2D eigenvalue weighted by atomic mass is 10.1. The molecule has 2 N–H and O–H groups in total. The Balaban J connectivity index is 3.00. The van der Waals surface area contributed by atoms with Crippen molar-refractivity contribution in [2.45, 2.75) is 46.1 Å². The molecule has 1 heterocycles. The van der Waals surface area contributed by atoms with Gasteiger partial charge in [-0.3, -0.25) is 0 Å². The molecule has 0 amide bonds. The number of hydrogen-bond donors (Lipinski definition) is 1. The van der Waals surface area contributed by atoms with Crippen molar-refractivity contribution in [3.63, 3.8) is 0 Å². The van der Waals surface area contributed by atoms with Gasteiger partial charge in [-0.05, 0) is 19.3 Å². The van der Waals surface area contributed by atoms with Gasteiger partial charge in [-0.15, -0.1) is 0 Å². The smallest absolute Gasteiger partial charge is 0.222 e. The third-order valence-corrected chi connectivity index (χ3v) is 2.34. The first-order valence-electron chi connectivity index (χ1n) is 5.33. The summed E-state index contributed by atoms with van der Waals surface area (Å²) in [5.74, 6) is 1.40. The molecule has 1 atom stereocenters. The molecule has 0 aliphatic carbocycles. The number of ether oxygens (including phenoxy) is 1. The minimum absolute atomic E-state index is 0.150. The third kappa shape index (κ3) is 2.81. The summed E-state index contributed by atoms with van der Waals surface area (Å²) in [4.78, 5) is 8.12. The number of aromatic nitrogens is 2. The number of nitrogens with zero attached hydrogens (tertiary/aromatic N) is 2. The van der Waals surface area contributed by atoms with E-state index in [-0.39, 0.29) is 12.0 Å². The van der Waals surface area contributed by atoms with Crippen LogP contribution in [0.2, 0.25) is 0 Å². The van der Waals surface area contributed by atoms with Crippen LogP contribution in [0.3, 0.4) is 0 Å². The molecule has 0 bridgehead atoms. The molecule has 4 heteroatoms. The lowest BCUT2D eigenvalue weighted by Crippen LogP contribution is -2.14. The van der Waals surface area contributed by atoms with Crippen molar-refractivity contribution >= 4 is 5.82 Å². The number of hydrogen-bond acceptors (Lipinski definition) is 4. The topological polar surface area (TPSA) is 61.0 Å². The number of nitrogen functional groups attached to an aromatic ring is 1. The van der Waals surface area contributed by atoms with Crippen molar-refractivity contribution in [1.82, 2.24) is 9.97 Å². The quantitative estimate of drug-likeness (QED) is 0.827. The standard InChI is InChI=1S/C11H19N3O/c1-5-8(4)15-11-9(7(2)3)10(12)13-6-14-11/h6-8H,5H2,1-4H3,(H2,12,13,14). The molecule has 0 fully saturated rings. The summed E-state index contributed by atoms with van der Waals surface area (Å²) < 4.78 is 5.71. The van der Waals surface area contributed by atoms with Crippen molar-refractivity contribution in [1.29, 1.82) is 0 Å². The molecule has 0 radical (unpaired) electrons. The fourth-order valence-corrected chi connectivity index (χ4v) is 1.30. The van der Waals surface area contributed by atoms with E-state index in [0.717, 1.165) is 12.0 Å². The molecule has 15 heavy (non-hydrogen) atoms. The normalized spacial score (nSPS) is 12.9. The summed E-state index contributed by atoms with van der Waals surface area (Å²) in [6.07, 6.45) is 2.54. The second kappa shape index (κ2) is 4.96. The predicted octanol–water partition coefficient (Wildman–Crippen LogP) is 2.36. The maximum absolute atomic E-state index is 5.81. The van der Waals surface area contributed by atoms with Crippen molar-refractivity contribution < 1.29 is 4.74 Å². The molecule has 1 rings (SSSR count). The van der Waals surface area contributed by atoms with Gasteiger partial charge in [0.25, 0.3) is 0 Å². The molecule has 1 unspecified atom stereocenters. The van der Waals surface area contributed by atoms with Crippen LogP contribution >= 0.6 is 0 Å². The van der Waals surface area contributed by atoms with Crippen LogP contribution in [-0.4, -0.2) is 16.1 Å². The minimum Gasteiger partial charge on any atom is -0.474 e. The summed E-state index contributed by atoms with van der Waals surface area (Å²) in [6, 6.07) is 0. The zero-order chi connectivity index (χ0) is 11.4. The van der Waals surface area contributed by atoms with Crippen LogP contribution in [0.15, 0.2) is 6.33 Å². The minimum atomic E-state index is 0.150. The van der Waals surface area contributed by atoms with Crippen molar-refractivity contribution in [3.05, 3.63) is 11.9 Å². The Morgan fingerprint density at radius 1 is 1.33 bits per heavy atom. The highest BCUT2D eigenvalue weighted by Gasteiger charge is 2.15. The van der Waals surface area contributed by atoms with E-state index in [0.29, 0.717) is 11.7 Å². The molecule has 0 aliphatic heterocycles. The monoisotopic (exact) mass is 209 g/mol. The molecule has 1 aromatic rings. The van der Waals surface area contributed by atoms with E-state index >= 15 is 0 Å². The molecule has 0 aromatic carbocycles. The van der Waals surface area contributed by atoms with Gasteiger partial charge in [0.1, 0.15) is 12.1 Å². The van der Waals surface area contributed by atoms with Gasteiger partial charge >= 0.3 is 0 Å². The highest BCUT2D eigenvalue weighted by atomic mass is 16.5. The van der Waals surface area contributed by atoms with Gasteiger partial charge < -0.3 is 10.5 Å². The summed E-state index contributed by atoms with van der Waals surface area (Å²) in [5.41, 5.74) is 6.71. The lowest BCUT2D eigenvalue weighted by Gasteiger charge is -2.17. The molecule has 0 aliphatic rings. The fourth-order valence-electron chi connectivity index (χ4n) is 1.30. The van der Waals surface area contributed by atoms with Crippen LogP contribution in [-0.2, 0) is 0 Å². The second-order valence-electron chi connectivity index (χ2n) is 3.97.